The maximum atomic E-state index is 15.0. The fraction of sp³-hybridized carbons (Fsp3) is 0.231. The molecule has 1 aromatic heterocycles. The van der Waals surface area contributed by atoms with Gasteiger partial charge >= 0.3 is 11.9 Å². The molecular formula is C26H23FN2O6S. The number of rotatable bonds is 6. The van der Waals surface area contributed by atoms with E-state index in [1.165, 1.54) is 25.3 Å². The van der Waals surface area contributed by atoms with Crippen LogP contribution in [0.4, 0.5) is 9.52 Å². The second kappa shape index (κ2) is 9.90. The lowest BCUT2D eigenvalue weighted by molar-refractivity contribution is -0.132. The molecule has 36 heavy (non-hydrogen) atoms. The summed E-state index contributed by atoms with van der Waals surface area (Å²) in [7, 11) is 1.51. The van der Waals surface area contributed by atoms with E-state index in [2.05, 4.69) is 4.98 Å². The second-order valence-electron chi connectivity index (χ2n) is 8.01. The molecule has 1 saturated heterocycles. The molecule has 10 heteroatoms. The molecule has 3 aromatic rings. The Hall–Kier alpha value is -4.05. The summed E-state index contributed by atoms with van der Waals surface area (Å²) in [5.74, 6) is -3.19. The highest BCUT2D eigenvalue weighted by Crippen LogP contribution is 2.44. The van der Waals surface area contributed by atoms with Crippen molar-refractivity contribution in [2.24, 2.45) is 0 Å². The zero-order valence-electron chi connectivity index (χ0n) is 20.0. The molecule has 0 radical (unpaired) electrons. The largest absolute Gasteiger partial charge is 0.507 e. The summed E-state index contributed by atoms with van der Waals surface area (Å²) < 4.78 is 25.3. The van der Waals surface area contributed by atoms with Crippen LogP contribution in [-0.2, 0) is 14.3 Å². The number of benzene rings is 2. The van der Waals surface area contributed by atoms with E-state index >= 15 is 4.39 Å². The number of ether oxygens (including phenoxy) is 2. The maximum absolute atomic E-state index is 15.0. The molecule has 2 aromatic carbocycles. The van der Waals surface area contributed by atoms with E-state index in [4.69, 9.17) is 9.47 Å². The van der Waals surface area contributed by atoms with E-state index in [-0.39, 0.29) is 33.3 Å². The summed E-state index contributed by atoms with van der Waals surface area (Å²) in [4.78, 5) is 44.4. The summed E-state index contributed by atoms with van der Waals surface area (Å²) in [6, 6.07) is 9.12. The number of hydrogen-bond acceptors (Lipinski definition) is 8. The Labute approximate surface area is 210 Å². The molecule has 0 spiro atoms. The minimum Gasteiger partial charge on any atom is -0.507 e. The third-order valence-corrected chi connectivity index (χ3v) is 6.90. The molecule has 1 aliphatic heterocycles. The standard InChI is InChI=1S/C26H23FN2O6S/c1-5-35-25(33)23-14(3)28-26(36-23)29-20(16-8-6-7-9-17(16)27)19(22(31)24(29)32)21(30)15-10-11-18(34-4)13(2)12-15/h6-12,20,30H,5H2,1-4H3/b21-19+. The first kappa shape index (κ1) is 25.1. The lowest BCUT2D eigenvalue weighted by Crippen LogP contribution is -2.29. The summed E-state index contributed by atoms with van der Waals surface area (Å²) >= 11 is 0.856. The van der Waals surface area contributed by atoms with E-state index in [9.17, 15) is 19.5 Å². The van der Waals surface area contributed by atoms with Gasteiger partial charge < -0.3 is 14.6 Å². The predicted octanol–water partition coefficient (Wildman–Crippen LogP) is 4.71. The van der Waals surface area contributed by atoms with E-state index in [1.54, 1.807) is 45.0 Å². The van der Waals surface area contributed by atoms with Crippen LogP contribution < -0.4 is 9.64 Å². The van der Waals surface area contributed by atoms with Crippen molar-refractivity contribution in [3.05, 3.63) is 81.1 Å². The number of hydrogen-bond donors (Lipinski definition) is 1. The SMILES string of the molecule is CCOC(=O)c1sc(N2C(=O)C(=O)/C(=C(/O)c3ccc(OC)c(C)c3)C2c2ccccc2F)nc1C. The van der Waals surface area contributed by atoms with Crippen LogP contribution in [0, 0.1) is 19.7 Å². The molecule has 1 unspecified atom stereocenters. The number of ketones is 1. The monoisotopic (exact) mass is 510 g/mol. The Morgan fingerprint density at radius 2 is 1.92 bits per heavy atom. The van der Waals surface area contributed by atoms with Crippen molar-refractivity contribution in [2.75, 3.05) is 18.6 Å². The number of halogens is 1. The molecule has 2 heterocycles. The number of aliphatic hydroxyl groups is 1. The summed E-state index contributed by atoms with van der Waals surface area (Å²) in [5, 5.41) is 11.2. The molecule has 1 N–H and O–H groups in total. The Morgan fingerprint density at radius 3 is 2.56 bits per heavy atom. The Balaban J connectivity index is 1.93. The van der Waals surface area contributed by atoms with Crippen LogP contribution in [0.1, 0.15) is 45.0 Å². The van der Waals surface area contributed by atoms with Gasteiger partial charge in [0.25, 0.3) is 5.78 Å². The Kier molecular flexibility index (Phi) is 6.89. The lowest BCUT2D eigenvalue weighted by atomic mass is 9.94. The molecule has 186 valence electrons. The zero-order valence-corrected chi connectivity index (χ0v) is 20.8. The van der Waals surface area contributed by atoms with Gasteiger partial charge in [-0.1, -0.05) is 29.5 Å². The summed E-state index contributed by atoms with van der Waals surface area (Å²) in [6.45, 7) is 5.14. The number of carbonyl (C=O) groups excluding carboxylic acids is 3. The number of carbonyl (C=O) groups is 3. The van der Waals surface area contributed by atoms with Crippen molar-refractivity contribution in [3.8, 4) is 5.75 Å². The van der Waals surface area contributed by atoms with Gasteiger partial charge in [-0.15, -0.1) is 0 Å². The molecule has 4 rings (SSSR count). The number of aromatic nitrogens is 1. The number of anilines is 1. The highest BCUT2D eigenvalue weighted by Gasteiger charge is 2.49. The van der Waals surface area contributed by atoms with Gasteiger partial charge in [0, 0.05) is 11.1 Å². The number of esters is 1. The number of Topliss-reactive ketones (excluding diaryl/α,β-unsaturated/α-hetero) is 1. The van der Waals surface area contributed by atoms with Crippen molar-refractivity contribution >= 4 is 39.9 Å². The molecule has 0 aliphatic carbocycles. The van der Waals surface area contributed by atoms with Gasteiger partial charge in [-0.2, -0.15) is 0 Å². The van der Waals surface area contributed by atoms with Gasteiger partial charge in [0.1, 0.15) is 28.2 Å². The molecule has 8 nitrogen and oxygen atoms in total. The third kappa shape index (κ3) is 4.24. The second-order valence-corrected chi connectivity index (χ2v) is 8.98. The highest BCUT2D eigenvalue weighted by molar-refractivity contribution is 7.17. The van der Waals surface area contributed by atoms with E-state index in [0.717, 1.165) is 16.2 Å². The number of amides is 1. The molecule has 1 fully saturated rings. The Bertz CT molecular complexity index is 1410. The van der Waals surface area contributed by atoms with Crippen LogP contribution in [0.2, 0.25) is 0 Å². The molecule has 0 saturated carbocycles. The van der Waals surface area contributed by atoms with Gasteiger partial charge in [0.15, 0.2) is 5.13 Å². The van der Waals surface area contributed by atoms with Gasteiger partial charge in [0.05, 0.1) is 25.0 Å². The summed E-state index contributed by atoms with van der Waals surface area (Å²) in [5.41, 5.74) is 0.950. The number of aliphatic hydroxyl groups excluding tert-OH is 1. The van der Waals surface area contributed by atoms with Gasteiger partial charge in [-0.25, -0.2) is 14.2 Å². The van der Waals surface area contributed by atoms with Crippen molar-refractivity contribution in [2.45, 2.75) is 26.8 Å². The van der Waals surface area contributed by atoms with Crippen molar-refractivity contribution < 1.29 is 33.4 Å². The average Bonchev–Trinajstić information content (AvgIpc) is 3.36. The van der Waals surface area contributed by atoms with Crippen LogP contribution in [0.15, 0.2) is 48.0 Å². The number of nitrogens with zero attached hydrogens (tertiary/aromatic N) is 2. The minimum absolute atomic E-state index is 0.00554. The van der Waals surface area contributed by atoms with Crippen molar-refractivity contribution in [3.63, 3.8) is 0 Å². The van der Waals surface area contributed by atoms with Crippen LogP contribution in [0.25, 0.3) is 5.76 Å². The van der Waals surface area contributed by atoms with Crippen LogP contribution in [0.3, 0.4) is 0 Å². The van der Waals surface area contributed by atoms with E-state index in [0.29, 0.717) is 17.0 Å². The quantitative estimate of drug-likeness (QED) is 0.222. The van der Waals surface area contributed by atoms with Crippen molar-refractivity contribution in [1.82, 2.24) is 4.98 Å². The van der Waals surface area contributed by atoms with E-state index in [1.807, 2.05) is 0 Å². The summed E-state index contributed by atoms with van der Waals surface area (Å²) in [6.07, 6.45) is 0. The normalized spacial score (nSPS) is 16.9. The van der Waals surface area contributed by atoms with E-state index < -0.39 is 35.3 Å². The van der Waals surface area contributed by atoms with Gasteiger partial charge in [-0.05, 0) is 50.6 Å². The average molecular weight is 511 g/mol. The topological polar surface area (TPSA) is 106 Å². The zero-order chi connectivity index (χ0) is 26.1. The van der Waals surface area contributed by atoms with Gasteiger partial charge in [0.2, 0.25) is 0 Å². The maximum Gasteiger partial charge on any atom is 0.350 e. The van der Waals surface area contributed by atoms with Crippen LogP contribution >= 0.6 is 11.3 Å². The van der Waals surface area contributed by atoms with Gasteiger partial charge in [-0.3, -0.25) is 14.5 Å². The minimum atomic E-state index is -1.31. The van der Waals surface area contributed by atoms with Crippen LogP contribution in [-0.4, -0.2) is 41.5 Å². The first-order valence-electron chi connectivity index (χ1n) is 11.0. The molecule has 1 aliphatic rings. The third-order valence-electron chi connectivity index (χ3n) is 5.76. The highest BCUT2D eigenvalue weighted by atomic mass is 32.1. The fourth-order valence-corrected chi connectivity index (χ4v) is 5.06. The smallest absolute Gasteiger partial charge is 0.350 e. The number of thiazole rings is 1. The molecule has 1 amide bonds. The molecular weight excluding hydrogens is 487 g/mol. The number of aryl methyl sites for hydroxylation is 2. The first-order chi connectivity index (χ1) is 17.2. The predicted molar refractivity (Wildman–Crippen MR) is 132 cm³/mol. The van der Waals surface area contributed by atoms with Crippen molar-refractivity contribution in [1.29, 1.82) is 0 Å². The lowest BCUT2D eigenvalue weighted by Gasteiger charge is -2.23. The first-order valence-corrected chi connectivity index (χ1v) is 11.9. The van der Waals surface area contributed by atoms with Crippen LogP contribution in [0.5, 0.6) is 5.75 Å². The molecule has 0 bridgehead atoms. The fourth-order valence-electron chi connectivity index (χ4n) is 4.07. The molecule has 1 atom stereocenters. The number of methoxy groups -OCH3 is 1. The Morgan fingerprint density at radius 1 is 1.19 bits per heavy atom.